The maximum Gasteiger partial charge on any atom is 0.317 e. The van der Waals surface area contributed by atoms with E-state index in [-0.39, 0.29) is 50.3 Å². The van der Waals surface area contributed by atoms with Crippen LogP contribution in [-0.2, 0) is 33.4 Å². The van der Waals surface area contributed by atoms with Crippen molar-refractivity contribution in [2.75, 3.05) is 13.2 Å². The Hall–Kier alpha value is -2.22. The molecule has 0 aromatic rings. The lowest BCUT2D eigenvalue weighted by Gasteiger charge is -2.16. The van der Waals surface area contributed by atoms with E-state index in [1.807, 2.05) is 0 Å². The highest BCUT2D eigenvalue weighted by Gasteiger charge is 2.37. The molecule has 0 spiro atoms. The van der Waals surface area contributed by atoms with Crippen molar-refractivity contribution in [3.63, 3.8) is 0 Å². The van der Waals surface area contributed by atoms with Crippen molar-refractivity contribution in [2.24, 2.45) is 11.8 Å². The largest absolute Gasteiger partial charge is 0.462 e. The highest BCUT2D eigenvalue weighted by atomic mass is 16.6. The summed E-state index contributed by atoms with van der Waals surface area (Å²) in [5, 5.41) is 9.26. The van der Waals surface area contributed by atoms with Crippen LogP contribution in [0.25, 0.3) is 0 Å². The number of carbonyl (C=O) groups excluding carboxylic acids is 4. The van der Waals surface area contributed by atoms with Crippen molar-refractivity contribution in [2.45, 2.75) is 116 Å². The summed E-state index contributed by atoms with van der Waals surface area (Å²) in [6, 6.07) is 0. The fourth-order valence-electron chi connectivity index (χ4n) is 4.22. The minimum atomic E-state index is -0.824. The monoisotopic (exact) mass is 510 g/mol. The fraction of sp³-hybridized carbons (Fsp3) is 0.786. The van der Waals surface area contributed by atoms with Gasteiger partial charge in [-0.05, 0) is 31.6 Å². The third kappa shape index (κ3) is 14.4. The zero-order valence-corrected chi connectivity index (χ0v) is 22.2. The van der Waals surface area contributed by atoms with Crippen LogP contribution in [0.1, 0.15) is 110 Å². The molecule has 36 heavy (non-hydrogen) atoms. The molecule has 0 amide bonds. The van der Waals surface area contributed by atoms with E-state index in [1.54, 1.807) is 6.92 Å². The first kappa shape index (κ1) is 31.8. The SMILES string of the molecule is CCCCCCCCC(/C=C/CCCCCCC(=O)OC(CO)COC(=O)CC)C1CC(=O)OC1=O. The summed E-state index contributed by atoms with van der Waals surface area (Å²) in [5.41, 5.74) is 0. The number of rotatable bonds is 21. The average molecular weight is 511 g/mol. The molecular weight excluding hydrogens is 464 g/mol. The predicted octanol–water partition coefficient (Wildman–Crippen LogP) is 5.20. The topological polar surface area (TPSA) is 116 Å². The quantitative estimate of drug-likeness (QED) is 0.0737. The minimum absolute atomic E-state index is 0.0426. The summed E-state index contributed by atoms with van der Waals surface area (Å²) >= 11 is 0. The van der Waals surface area contributed by atoms with Crippen LogP contribution < -0.4 is 0 Å². The Morgan fingerprint density at radius 1 is 1.00 bits per heavy atom. The van der Waals surface area contributed by atoms with Crippen LogP contribution in [0.2, 0.25) is 0 Å². The Balaban J connectivity index is 2.26. The number of aliphatic hydroxyl groups excluding tert-OH is 1. The second-order valence-electron chi connectivity index (χ2n) is 9.54. The van der Waals surface area contributed by atoms with Gasteiger partial charge < -0.3 is 19.3 Å². The van der Waals surface area contributed by atoms with Gasteiger partial charge in [0.2, 0.25) is 0 Å². The Morgan fingerprint density at radius 3 is 2.36 bits per heavy atom. The summed E-state index contributed by atoms with van der Waals surface area (Å²) in [7, 11) is 0. The molecule has 1 aliphatic heterocycles. The van der Waals surface area contributed by atoms with Crippen LogP contribution in [-0.4, -0.2) is 48.3 Å². The molecule has 1 aliphatic rings. The van der Waals surface area contributed by atoms with Crippen LogP contribution in [0, 0.1) is 11.8 Å². The number of esters is 4. The summed E-state index contributed by atoms with van der Waals surface area (Å²) in [4.78, 5) is 46.7. The molecule has 1 N–H and O–H groups in total. The number of hydrogen-bond acceptors (Lipinski definition) is 8. The molecule has 3 unspecified atom stereocenters. The molecule has 1 rings (SSSR count). The van der Waals surface area contributed by atoms with Crippen molar-refractivity contribution >= 4 is 23.9 Å². The van der Waals surface area contributed by atoms with Crippen LogP contribution in [0.5, 0.6) is 0 Å². The molecule has 8 heteroatoms. The molecule has 0 radical (unpaired) electrons. The van der Waals surface area contributed by atoms with Crippen LogP contribution in [0.15, 0.2) is 12.2 Å². The number of unbranched alkanes of at least 4 members (excludes halogenated alkanes) is 9. The first-order valence-corrected chi connectivity index (χ1v) is 13.8. The van der Waals surface area contributed by atoms with Gasteiger partial charge in [0.15, 0.2) is 6.10 Å². The van der Waals surface area contributed by atoms with Crippen LogP contribution >= 0.6 is 0 Å². The normalized spacial score (nSPS) is 17.2. The van der Waals surface area contributed by atoms with E-state index >= 15 is 0 Å². The zero-order valence-electron chi connectivity index (χ0n) is 22.2. The smallest absolute Gasteiger partial charge is 0.317 e. The predicted molar refractivity (Wildman–Crippen MR) is 136 cm³/mol. The molecule has 1 heterocycles. The molecule has 1 fully saturated rings. The van der Waals surface area contributed by atoms with Gasteiger partial charge >= 0.3 is 23.9 Å². The summed E-state index contributed by atoms with van der Waals surface area (Å²) in [6.45, 7) is 3.35. The Bertz CT molecular complexity index is 687. The fourth-order valence-corrected chi connectivity index (χ4v) is 4.22. The van der Waals surface area contributed by atoms with Crippen molar-refractivity contribution in [3.05, 3.63) is 12.2 Å². The van der Waals surface area contributed by atoms with Gasteiger partial charge in [0.05, 0.1) is 18.9 Å². The van der Waals surface area contributed by atoms with E-state index < -0.39 is 24.0 Å². The molecule has 0 saturated carbocycles. The molecule has 0 bridgehead atoms. The standard InChI is InChI=1S/C28H46O8/c1-3-5-6-7-10-13-16-22(24-19-27(32)36-28(24)33)17-14-11-8-9-12-15-18-26(31)35-23(20-29)21-34-25(30)4-2/h14,17,22-24,29H,3-13,15-16,18-21H2,1-2H3/b17-14+. The van der Waals surface area contributed by atoms with E-state index in [0.717, 1.165) is 44.9 Å². The van der Waals surface area contributed by atoms with Crippen LogP contribution in [0.4, 0.5) is 0 Å². The average Bonchev–Trinajstić information content (AvgIpc) is 3.21. The maximum absolute atomic E-state index is 12.1. The molecule has 0 aliphatic carbocycles. The van der Waals surface area contributed by atoms with Gasteiger partial charge in [-0.1, -0.05) is 77.4 Å². The van der Waals surface area contributed by atoms with Crippen molar-refractivity contribution in [3.8, 4) is 0 Å². The first-order valence-electron chi connectivity index (χ1n) is 13.8. The molecule has 8 nitrogen and oxygen atoms in total. The van der Waals surface area contributed by atoms with Crippen LogP contribution in [0.3, 0.4) is 0 Å². The van der Waals surface area contributed by atoms with Gasteiger partial charge in [0.1, 0.15) is 6.61 Å². The third-order valence-corrected chi connectivity index (χ3v) is 6.42. The van der Waals surface area contributed by atoms with E-state index in [2.05, 4.69) is 19.1 Å². The number of hydrogen-bond donors (Lipinski definition) is 1. The maximum atomic E-state index is 12.1. The lowest BCUT2D eigenvalue weighted by Crippen LogP contribution is -2.28. The number of allylic oxidation sites excluding steroid dienone is 2. The second kappa shape index (κ2) is 19.9. The summed E-state index contributed by atoms with van der Waals surface area (Å²) in [6.07, 6.45) is 16.4. The number of ether oxygens (including phenoxy) is 3. The lowest BCUT2D eigenvalue weighted by molar-refractivity contribution is -0.161. The van der Waals surface area contributed by atoms with Crippen molar-refractivity contribution in [1.29, 1.82) is 0 Å². The Labute approximate surface area is 216 Å². The molecule has 0 aromatic heterocycles. The second-order valence-corrected chi connectivity index (χ2v) is 9.54. The molecule has 3 atom stereocenters. The minimum Gasteiger partial charge on any atom is -0.462 e. The van der Waals surface area contributed by atoms with Gasteiger partial charge in [0.25, 0.3) is 0 Å². The first-order chi connectivity index (χ1) is 17.4. The van der Waals surface area contributed by atoms with Gasteiger partial charge in [-0.3, -0.25) is 19.2 Å². The van der Waals surface area contributed by atoms with Gasteiger partial charge in [-0.15, -0.1) is 0 Å². The number of carbonyl (C=O) groups is 4. The van der Waals surface area contributed by atoms with E-state index in [1.165, 1.54) is 25.7 Å². The highest BCUT2D eigenvalue weighted by Crippen LogP contribution is 2.30. The lowest BCUT2D eigenvalue weighted by atomic mass is 9.86. The van der Waals surface area contributed by atoms with Crippen molar-refractivity contribution < 1.29 is 38.5 Å². The Morgan fingerprint density at radius 2 is 1.69 bits per heavy atom. The molecule has 0 aromatic carbocycles. The van der Waals surface area contributed by atoms with Crippen molar-refractivity contribution in [1.82, 2.24) is 0 Å². The van der Waals surface area contributed by atoms with Gasteiger partial charge in [-0.25, -0.2) is 0 Å². The third-order valence-electron chi connectivity index (χ3n) is 6.42. The van der Waals surface area contributed by atoms with Gasteiger partial charge in [0, 0.05) is 12.8 Å². The molecular formula is C28H46O8. The summed E-state index contributed by atoms with van der Waals surface area (Å²) < 4.78 is 14.8. The summed E-state index contributed by atoms with van der Waals surface area (Å²) in [5.74, 6) is -1.93. The highest BCUT2D eigenvalue weighted by molar-refractivity contribution is 5.94. The molecule has 206 valence electrons. The van der Waals surface area contributed by atoms with E-state index in [9.17, 15) is 24.3 Å². The van der Waals surface area contributed by atoms with Gasteiger partial charge in [-0.2, -0.15) is 0 Å². The van der Waals surface area contributed by atoms with E-state index in [0.29, 0.717) is 6.42 Å². The molecule has 1 saturated heterocycles. The number of aliphatic hydroxyl groups is 1. The Kier molecular flexibility index (Phi) is 17.6. The number of cyclic esters (lactones) is 2. The zero-order chi connectivity index (χ0) is 26.6. The van der Waals surface area contributed by atoms with E-state index in [4.69, 9.17) is 14.2 Å².